The van der Waals surface area contributed by atoms with Crippen molar-refractivity contribution < 1.29 is 0 Å². The standard InChI is InChI=1S/C14H18N2/c1-5-9-16(14(2,3)4)13-8-6-7-12(10-13)11-15/h5-8,10H,1,9H2,2-4H3. The molecule has 0 radical (unpaired) electrons. The van der Waals surface area contributed by atoms with Crippen LogP contribution in [-0.4, -0.2) is 12.1 Å². The molecule has 0 spiro atoms. The van der Waals surface area contributed by atoms with E-state index in [4.69, 9.17) is 5.26 Å². The Labute approximate surface area is 97.8 Å². The predicted molar refractivity (Wildman–Crippen MR) is 68.5 cm³/mol. The molecule has 0 saturated carbocycles. The summed E-state index contributed by atoms with van der Waals surface area (Å²) in [4.78, 5) is 2.22. The number of anilines is 1. The van der Waals surface area contributed by atoms with Crippen molar-refractivity contribution >= 4 is 5.69 Å². The van der Waals surface area contributed by atoms with Gasteiger partial charge < -0.3 is 4.90 Å². The number of hydrogen-bond donors (Lipinski definition) is 0. The molecule has 0 heterocycles. The van der Waals surface area contributed by atoms with E-state index in [1.54, 1.807) is 0 Å². The Morgan fingerprint density at radius 3 is 2.62 bits per heavy atom. The summed E-state index contributed by atoms with van der Waals surface area (Å²) < 4.78 is 0. The molecule has 0 aliphatic carbocycles. The van der Waals surface area contributed by atoms with Crippen molar-refractivity contribution in [3.05, 3.63) is 42.5 Å². The average Bonchev–Trinajstić information content (AvgIpc) is 2.24. The van der Waals surface area contributed by atoms with Crippen molar-refractivity contribution in [3.8, 4) is 6.07 Å². The van der Waals surface area contributed by atoms with E-state index < -0.39 is 0 Å². The summed E-state index contributed by atoms with van der Waals surface area (Å²) >= 11 is 0. The summed E-state index contributed by atoms with van der Waals surface area (Å²) in [7, 11) is 0. The molecular weight excluding hydrogens is 196 g/mol. The molecular formula is C14H18N2. The molecule has 0 saturated heterocycles. The molecule has 16 heavy (non-hydrogen) atoms. The quantitative estimate of drug-likeness (QED) is 0.721. The molecule has 0 bridgehead atoms. The zero-order valence-corrected chi connectivity index (χ0v) is 10.2. The molecule has 0 aliphatic rings. The minimum absolute atomic E-state index is 0.0161. The Bertz CT molecular complexity index is 407. The van der Waals surface area contributed by atoms with Crippen LogP contribution in [0.3, 0.4) is 0 Å². The molecule has 84 valence electrons. The second-order valence-electron chi connectivity index (χ2n) is 4.73. The lowest BCUT2D eigenvalue weighted by Crippen LogP contribution is -2.41. The smallest absolute Gasteiger partial charge is 0.0992 e. The fraction of sp³-hybridized carbons (Fsp3) is 0.357. The Morgan fingerprint density at radius 1 is 1.44 bits per heavy atom. The van der Waals surface area contributed by atoms with Gasteiger partial charge in [0.2, 0.25) is 0 Å². The number of nitrogens with zero attached hydrogens (tertiary/aromatic N) is 2. The Kier molecular flexibility index (Phi) is 3.73. The highest BCUT2D eigenvalue weighted by atomic mass is 15.2. The van der Waals surface area contributed by atoms with Crippen LogP contribution in [0.1, 0.15) is 26.3 Å². The third-order valence-electron chi connectivity index (χ3n) is 2.41. The maximum Gasteiger partial charge on any atom is 0.0992 e. The van der Waals surface area contributed by atoms with Crippen LogP contribution in [-0.2, 0) is 0 Å². The largest absolute Gasteiger partial charge is 0.363 e. The minimum atomic E-state index is 0.0161. The van der Waals surface area contributed by atoms with E-state index in [0.717, 1.165) is 12.2 Å². The number of nitriles is 1. The topological polar surface area (TPSA) is 27.0 Å². The zero-order valence-electron chi connectivity index (χ0n) is 10.2. The molecule has 1 aromatic carbocycles. The number of rotatable bonds is 3. The van der Waals surface area contributed by atoms with Crippen molar-refractivity contribution in [1.82, 2.24) is 0 Å². The van der Waals surface area contributed by atoms with Gasteiger partial charge in [-0.15, -0.1) is 6.58 Å². The first-order valence-corrected chi connectivity index (χ1v) is 5.37. The Morgan fingerprint density at radius 2 is 2.12 bits per heavy atom. The summed E-state index contributed by atoms with van der Waals surface area (Å²) in [5.41, 5.74) is 1.77. The van der Waals surface area contributed by atoms with Crippen molar-refractivity contribution in [2.24, 2.45) is 0 Å². The van der Waals surface area contributed by atoms with Crippen LogP contribution in [0, 0.1) is 11.3 Å². The van der Waals surface area contributed by atoms with Crippen LogP contribution < -0.4 is 4.90 Å². The second kappa shape index (κ2) is 4.85. The first-order valence-electron chi connectivity index (χ1n) is 5.37. The summed E-state index contributed by atoms with van der Waals surface area (Å²) in [5, 5.41) is 8.89. The summed E-state index contributed by atoms with van der Waals surface area (Å²) in [5.74, 6) is 0. The van der Waals surface area contributed by atoms with Gasteiger partial charge in [-0.05, 0) is 39.0 Å². The van der Waals surface area contributed by atoms with Crippen molar-refractivity contribution in [2.45, 2.75) is 26.3 Å². The lowest BCUT2D eigenvalue weighted by Gasteiger charge is -2.37. The van der Waals surface area contributed by atoms with Gasteiger partial charge in [0.25, 0.3) is 0 Å². The number of hydrogen-bond acceptors (Lipinski definition) is 2. The number of benzene rings is 1. The van der Waals surface area contributed by atoms with Gasteiger partial charge in [0.1, 0.15) is 0 Å². The highest BCUT2D eigenvalue weighted by molar-refractivity contribution is 5.53. The average molecular weight is 214 g/mol. The normalized spacial score (nSPS) is 10.6. The SMILES string of the molecule is C=CCN(c1cccc(C#N)c1)C(C)(C)C. The molecule has 0 N–H and O–H groups in total. The fourth-order valence-electron chi connectivity index (χ4n) is 1.64. The van der Waals surface area contributed by atoms with E-state index in [9.17, 15) is 0 Å². The minimum Gasteiger partial charge on any atom is -0.363 e. The molecule has 0 fully saturated rings. The fourth-order valence-corrected chi connectivity index (χ4v) is 1.64. The van der Waals surface area contributed by atoms with E-state index in [2.05, 4.69) is 38.3 Å². The zero-order chi connectivity index (χ0) is 12.2. The predicted octanol–water partition coefficient (Wildman–Crippen LogP) is 3.35. The molecule has 2 nitrogen and oxygen atoms in total. The van der Waals surface area contributed by atoms with Crippen LogP contribution >= 0.6 is 0 Å². The molecule has 1 rings (SSSR count). The summed E-state index contributed by atoms with van der Waals surface area (Å²) in [6, 6.07) is 9.83. The Hall–Kier alpha value is -1.75. The monoisotopic (exact) mass is 214 g/mol. The van der Waals surface area contributed by atoms with Crippen LogP contribution in [0.4, 0.5) is 5.69 Å². The van der Waals surface area contributed by atoms with E-state index in [1.165, 1.54) is 0 Å². The van der Waals surface area contributed by atoms with Crippen LogP contribution in [0.5, 0.6) is 0 Å². The van der Waals surface area contributed by atoms with Crippen LogP contribution in [0.25, 0.3) is 0 Å². The van der Waals surface area contributed by atoms with E-state index in [1.807, 2.05) is 30.3 Å². The lowest BCUT2D eigenvalue weighted by atomic mass is 10.0. The third-order valence-corrected chi connectivity index (χ3v) is 2.41. The molecule has 2 heteroatoms. The highest BCUT2D eigenvalue weighted by Crippen LogP contribution is 2.24. The Balaban J connectivity index is 3.11. The van der Waals surface area contributed by atoms with Gasteiger partial charge in [-0.2, -0.15) is 5.26 Å². The molecule has 0 atom stereocenters. The maximum atomic E-state index is 8.89. The highest BCUT2D eigenvalue weighted by Gasteiger charge is 2.20. The lowest BCUT2D eigenvalue weighted by molar-refractivity contribution is 0.522. The van der Waals surface area contributed by atoms with Crippen LogP contribution in [0.2, 0.25) is 0 Å². The van der Waals surface area contributed by atoms with E-state index in [-0.39, 0.29) is 5.54 Å². The van der Waals surface area contributed by atoms with Crippen molar-refractivity contribution in [2.75, 3.05) is 11.4 Å². The van der Waals surface area contributed by atoms with Gasteiger partial charge in [0.15, 0.2) is 0 Å². The first-order chi connectivity index (χ1) is 7.49. The van der Waals surface area contributed by atoms with Gasteiger partial charge in [0.05, 0.1) is 11.6 Å². The third kappa shape index (κ3) is 2.87. The van der Waals surface area contributed by atoms with Gasteiger partial charge in [-0.3, -0.25) is 0 Å². The second-order valence-corrected chi connectivity index (χ2v) is 4.73. The molecule has 0 aliphatic heterocycles. The van der Waals surface area contributed by atoms with Crippen LogP contribution in [0.15, 0.2) is 36.9 Å². The molecule has 0 unspecified atom stereocenters. The first kappa shape index (κ1) is 12.3. The molecule has 1 aromatic rings. The van der Waals surface area contributed by atoms with E-state index in [0.29, 0.717) is 5.56 Å². The maximum absolute atomic E-state index is 8.89. The summed E-state index contributed by atoms with van der Waals surface area (Å²) in [6.07, 6.45) is 1.88. The molecule has 0 aromatic heterocycles. The van der Waals surface area contributed by atoms with Gasteiger partial charge in [-0.25, -0.2) is 0 Å². The van der Waals surface area contributed by atoms with Crippen molar-refractivity contribution in [3.63, 3.8) is 0 Å². The summed E-state index contributed by atoms with van der Waals surface area (Å²) in [6.45, 7) is 11.0. The van der Waals surface area contributed by atoms with Gasteiger partial charge in [-0.1, -0.05) is 12.1 Å². The van der Waals surface area contributed by atoms with E-state index >= 15 is 0 Å². The van der Waals surface area contributed by atoms with Gasteiger partial charge in [0, 0.05) is 17.8 Å². The van der Waals surface area contributed by atoms with Gasteiger partial charge >= 0.3 is 0 Å². The van der Waals surface area contributed by atoms with Crippen molar-refractivity contribution in [1.29, 1.82) is 5.26 Å². The molecule has 0 amide bonds.